The molecule has 68 valence electrons. The number of hydrogen-bond acceptors (Lipinski definition) is 3. The summed E-state index contributed by atoms with van der Waals surface area (Å²) in [5, 5.41) is 6.51. The molecule has 1 aromatic rings. The zero-order valence-corrected chi connectivity index (χ0v) is 8.07. The van der Waals surface area contributed by atoms with Crippen LogP contribution in [0.3, 0.4) is 0 Å². The van der Waals surface area contributed by atoms with Crippen molar-refractivity contribution in [1.82, 2.24) is 0 Å². The van der Waals surface area contributed by atoms with E-state index in [0.717, 1.165) is 16.9 Å². The van der Waals surface area contributed by atoms with Gasteiger partial charge in [0.05, 0.1) is 0 Å². The van der Waals surface area contributed by atoms with Crippen molar-refractivity contribution in [1.29, 1.82) is 0 Å². The van der Waals surface area contributed by atoms with Gasteiger partial charge in [0, 0.05) is 24.0 Å². The molecule has 1 aromatic carbocycles. The lowest BCUT2D eigenvalue weighted by Crippen LogP contribution is -2.19. The molecule has 1 aliphatic heterocycles. The first-order valence-electron chi connectivity index (χ1n) is 4.04. The van der Waals surface area contributed by atoms with Crippen molar-refractivity contribution < 1.29 is 4.74 Å². The van der Waals surface area contributed by atoms with Gasteiger partial charge in [-0.1, -0.05) is 0 Å². The first-order valence-corrected chi connectivity index (χ1v) is 4.45. The van der Waals surface area contributed by atoms with Crippen LogP contribution in [0, 0.1) is 0 Å². The standard InChI is InChI=1S/C9H10N2OS/c1-10-7-2-3-8-6(4-7)5-12-9(13)11-8/h2-4,10H,5H2,1H3,(H,11,13). The maximum Gasteiger partial charge on any atom is 0.261 e. The lowest BCUT2D eigenvalue weighted by Gasteiger charge is -2.20. The third-order valence-corrected chi connectivity index (χ3v) is 2.21. The summed E-state index contributed by atoms with van der Waals surface area (Å²) >= 11 is 4.89. The zero-order valence-electron chi connectivity index (χ0n) is 7.26. The number of anilines is 2. The van der Waals surface area contributed by atoms with Crippen LogP contribution >= 0.6 is 12.2 Å². The molecule has 0 saturated carbocycles. The van der Waals surface area contributed by atoms with E-state index in [-0.39, 0.29) is 0 Å². The van der Waals surface area contributed by atoms with Gasteiger partial charge in [0.1, 0.15) is 6.61 Å². The van der Waals surface area contributed by atoms with Crippen LogP contribution in [0.25, 0.3) is 0 Å². The van der Waals surface area contributed by atoms with Crippen LogP contribution < -0.4 is 10.6 Å². The maximum atomic E-state index is 5.20. The van der Waals surface area contributed by atoms with Gasteiger partial charge in [0.25, 0.3) is 5.17 Å². The molecule has 0 spiro atoms. The molecule has 0 unspecified atom stereocenters. The van der Waals surface area contributed by atoms with Crippen molar-refractivity contribution in [3.63, 3.8) is 0 Å². The summed E-state index contributed by atoms with van der Waals surface area (Å²) in [5.74, 6) is 0. The molecule has 13 heavy (non-hydrogen) atoms. The lowest BCUT2D eigenvalue weighted by atomic mass is 10.1. The van der Waals surface area contributed by atoms with E-state index < -0.39 is 0 Å². The molecule has 2 rings (SSSR count). The van der Waals surface area contributed by atoms with E-state index in [1.807, 2.05) is 25.2 Å². The molecule has 0 aliphatic carbocycles. The summed E-state index contributed by atoms with van der Waals surface area (Å²) in [6.07, 6.45) is 0. The third kappa shape index (κ3) is 1.58. The van der Waals surface area contributed by atoms with Crippen molar-refractivity contribution in [2.75, 3.05) is 17.7 Å². The summed E-state index contributed by atoms with van der Waals surface area (Å²) in [6, 6.07) is 6.04. The molecule has 0 radical (unpaired) electrons. The fourth-order valence-corrected chi connectivity index (χ4v) is 1.45. The Kier molecular flexibility index (Phi) is 2.06. The highest BCUT2D eigenvalue weighted by atomic mass is 32.1. The molecule has 1 aliphatic rings. The minimum Gasteiger partial charge on any atom is -0.466 e. The van der Waals surface area contributed by atoms with Crippen LogP contribution in [0.1, 0.15) is 5.56 Å². The van der Waals surface area contributed by atoms with E-state index in [0.29, 0.717) is 11.8 Å². The average molecular weight is 194 g/mol. The molecule has 0 saturated heterocycles. The van der Waals surface area contributed by atoms with E-state index in [1.54, 1.807) is 0 Å². The molecule has 1 heterocycles. The van der Waals surface area contributed by atoms with Crippen LogP contribution in [0.5, 0.6) is 0 Å². The number of fused-ring (bicyclic) bond motifs is 1. The highest BCUT2D eigenvalue weighted by Crippen LogP contribution is 2.24. The fourth-order valence-electron chi connectivity index (χ4n) is 1.28. The van der Waals surface area contributed by atoms with E-state index in [2.05, 4.69) is 10.6 Å². The maximum absolute atomic E-state index is 5.20. The van der Waals surface area contributed by atoms with Crippen molar-refractivity contribution in [2.45, 2.75) is 6.61 Å². The van der Waals surface area contributed by atoms with Crippen LogP contribution in [-0.2, 0) is 11.3 Å². The van der Waals surface area contributed by atoms with E-state index in [1.165, 1.54) is 0 Å². The smallest absolute Gasteiger partial charge is 0.261 e. The van der Waals surface area contributed by atoms with Crippen molar-refractivity contribution >= 4 is 28.8 Å². The predicted molar refractivity (Wildman–Crippen MR) is 57.0 cm³/mol. The summed E-state index contributed by atoms with van der Waals surface area (Å²) in [6.45, 7) is 0.552. The van der Waals surface area contributed by atoms with E-state index in [9.17, 15) is 0 Å². The molecule has 4 heteroatoms. The highest BCUT2D eigenvalue weighted by Gasteiger charge is 2.12. The molecule has 0 fully saturated rings. The van der Waals surface area contributed by atoms with Gasteiger partial charge in [-0.15, -0.1) is 0 Å². The molecular weight excluding hydrogens is 184 g/mol. The Morgan fingerprint density at radius 3 is 3.15 bits per heavy atom. The molecule has 2 N–H and O–H groups in total. The normalized spacial score (nSPS) is 14.1. The molecular formula is C9H10N2OS. The first-order chi connectivity index (χ1) is 6.29. The second kappa shape index (κ2) is 3.22. The largest absolute Gasteiger partial charge is 0.466 e. The molecule has 3 nitrogen and oxygen atoms in total. The van der Waals surface area contributed by atoms with Crippen molar-refractivity contribution in [3.8, 4) is 0 Å². The number of ether oxygens (including phenoxy) is 1. The SMILES string of the molecule is CNc1ccc2c(c1)COC(=S)N2. The topological polar surface area (TPSA) is 33.3 Å². The zero-order chi connectivity index (χ0) is 9.26. The number of hydrogen-bond donors (Lipinski definition) is 2. The number of thiocarbonyl (C=S) groups is 1. The summed E-state index contributed by atoms with van der Waals surface area (Å²) in [7, 11) is 1.89. The third-order valence-electron chi connectivity index (χ3n) is 1.99. The average Bonchev–Trinajstić information content (AvgIpc) is 2.17. The van der Waals surface area contributed by atoms with Crippen molar-refractivity contribution in [2.24, 2.45) is 0 Å². The summed E-state index contributed by atoms with van der Waals surface area (Å²) in [4.78, 5) is 0. The van der Waals surface area contributed by atoms with Gasteiger partial charge >= 0.3 is 0 Å². The Hall–Kier alpha value is -1.29. The first kappa shape index (κ1) is 8.31. The van der Waals surface area contributed by atoms with Crippen LogP contribution in [0.4, 0.5) is 11.4 Å². The van der Waals surface area contributed by atoms with Gasteiger partial charge < -0.3 is 15.4 Å². The quantitative estimate of drug-likeness (QED) is 0.669. The van der Waals surface area contributed by atoms with E-state index >= 15 is 0 Å². The number of nitrogens with one attached hydrogen (secondary N) is 2. The van der Waals surface area contributed by atoms with Crippen LogP contribution in [0.2, 0.25) is 0 Å². The molecule has 0 amide bonds. The monoisotopic (exact) mass is 194 g/mol. The summed E-state index contributed by atoms with van der Waals surface area (Å²) < 4.78 is 5.20. The van der Waals surface area contributed by atoms with Crippen molar-refractivity contribution in [3.05, 3.63) is 23.8 Å². The Labute approximate surface area is 82.1 Å². The molecule has 0 atom stereocenters. The Balaban J connectivity index is 2.36. The number of benzene rings is 1. The van der Waals surface area contributed by atoms with Crippen LogP contribution in [0.15, 0.2) is 18.2 Å². The van der Waals surface area contributed by atoms with Gasteiger partial charge in [-0.2, -0.15) is 0 Å². The molecule has 0 aromatic heterocycles. The minimum absolute atomic E-state index is 0.449. The second-order valence-corrected chi connectivity index (χ2v) is 3.19. The molecule has 0 bridgehead atoms. The van der Waals surface area contributed by atoms with Gasteiger partial charge in [0.2, 0.25) is 0 Å². The Bertz CT molecular complexity index is 351. The fraction of sp³-hybridized carbons (Fsp3) is 0.222. The Morgan fingerprint density at radius 2 is 2.38 bits per heavy atom. The lowest BCUT2D eigenvalue weighted by molar-refractivity contribution is 0.294. The van der Waals surface area contributed by atoms with Crippen LogP contribution in [-0.4, -0.2) is 12.2 Å². The highest BCUT2D eigenvalue weighted by molar-refractivity contribution is 7.80. The van der Waals surface area contributed by atoms with Gasteiger partial charge in [-0.3, -0.25) is 0 Å². The van der Waals surface area contributed by atoms with Gasteiger partial charge in [-0.25, -0.2) is 0 Å². The number of rotatable bonds is 1. The van der Waals surface area contributed by atoms with Gasteiger partial charge in [-0.05, 0) is 30.4 Å². The predicted octanol–water partition coefficient (Wildman–Crippen LogP) is 1.96. The minimum atomic E-state index is 0.449. The van der Waals surface area contributed by atoms with Gasteiger partial charge in [0.15, 0.2) is 0 Å². The second-order valence-electron chi connectivity index (χ2n) is 2.82. The Morgan fingerprint density at radius 1 is 1.54 bits per heavy atom. The summed E-state index contributed by atoms with van der Waals surface area (Å²) in [5.41, 5.74) is 3.24. The van der Waals surface area contributed by atoms with E-state index in [4.69, 9.17) is 17.0 Å².